The average molecular weight is 475 g/mol. The van der Waals surface area contributed by atoms with Gasteiger partial charge in [0.25, 0.3) is 5.91 Å². The molecule has 180 valence electrons. The van der Waals surface area contributed by atoms with Crippen LogP contribution in [0.5, 0.6) is 0 Å². The summed E-state index contributed by atoms with van der Waals surface area (Å²) in [5, 5.41) is 12.9. The normalized spacial score (nSPS) is 15.4. The molecule has 0 saturated heterocycles. The van der Waals surface area contributed by atoms with Crippen LogP contribution in [-0.4, -0.2) is 38.6 Å². The molecule has 1 atom stereocenters. The Hall–Kier alpha value is -4.58. The Balaban J connectivity index is 2.41. The third-order valence-electron chi connectivity index (χ3n) is 5.74. The fourth-order valence-electron chi connectivity index (χ4n) is 4.13. The van der Waals surface area contributed by atoms with Gasteiger partial charge in [0.15, 0.2) is 0 Å². The molecule has 0 aliphatic carbocycles. The molecular formula is C26H26N4O5. The maximum Gasteiger partial charge on any atom is 0.355 e. The molecule has 0 radical (unpaired) electrons. The lowest BCUT2D eigenvalue weighted by molar-refractivity contribution is -0.139. The summed E-state index contributed by atoms with van der Waals surface area (Å²) in [6, 6.07) is 15.7. The van der Waals surface area contributed by atoms with Crippen molar-refractivity contribution in [1.29, 1.82) is 5.26 Å². The fraction of sp³-hybridized carbons (Fsp3) is 0.231. The Morgan fingerprint density at radius 3 is 2.29 bits per heavy atom. The second-order valence-corrected chi connectivity index (χ2v) is 7.64. The van der Waals surface area contributed by atoms with E-state index in [0.717, 1.165) is 0 Å². The lowest BCUT2D eigenvalue weighted by Gasteiger charge is -2.36. The topological polar surface area (TPSA) is 135 Å². The molecule has 0 bridgehead atoms. The predicted octanol–water partition coefficient (Wildman–Crippen LogP) is 2.64. The number of nitriles is 1. The first-order valence-electron chi connectivity index (χ1n) is 10.9. The molecule has 3 N–H and O–H groups in total. The minimum absolute atomic E-state index is 0.0482. The molecule has 0 spiro atoms. The summed E-state index contributed by atoms with van der Waals surface area (Å²) in [7, 11) is 2.36. The van der Waals surface area contributed by atoms with E-state index in [1.807, 2.05) is 0 Å². The van der Waals surface area contributed by atoms with Gasteiger partial charge in [-0.25, -0.2) is 9.59 Å². The maximum atomic E-state index is 13.2. The van der Waals surface area contributed by atoms with Gasteiger partial charge in [0, 0.05) is 12.1 Å². The van der Waals surface area contributed by atoms with Crippen LogP contribution in [0.15, 0.2) is 71.2 Å². The highest BCUT2D eigenvalue weighted by Crippen LogP contribution is 2.44. The van der Waals surface area contributed by atoms with Gasteiger partial charge in [0.1, 0.15) is 11.5 Å². The molecule has 9 nitrogen and oxygen atoms in total. The van der Waals surface area contributed by atoms with Crippen LogP contribution in [0.2, 0.25) is 0 Å². The van der Waals surface area contributed by atoms with E-state index >= 15 is 0 Å². The number of rotatable bonds is 6. The van der Waals surface area contributed by atoms with Crippen molar-refractivity contribution in [2.75, 3.05) is 25.7 Å². The van der Waals surface area contributed by atoms with Gasteiger partial charge in [-0.3, -0.25) is 9.69 Å². The van der Waals surface area contributed by atoms with Crippen LogP contribution >= 0.6 is 0 Å². The van der Waals surface area contributed by atoms with Crippen LogP contribution in [-0.2, 0) is 19.1 Å². The Kier molecular flexibility index (Phi) is 7.56. The summed E-state index contributed by atoms with van der Waals surface area (Å²) in [5.74, 6) is -3.02. The summed E-state index contributed by atoms with van der Waals surface area (Å²) in [4.78, 5) is 40.2. The molecule has 35 heavy (non-hydrogen) atoms. The van der Waals surface area contributed by atoms with Gasteiger partial charge in [0.05, 0.1) is 43.0 Å². The molecule has 1 amide bonds. The highest BCUT2D eigenvalue weighted by molar-refractivity contribution is 6.07. The van der Waals surface area contributed by atoms with Crippen molar-refractivity contribution in [1.82, 2.24) is 5.32 Å². The second kappa shape index (κ2) is 10.6. The molecular weight excluding hydrogens is 448 g/mol. The van der Waals surface area contributed by atoms with E-state index < -0.39 is 17.9 Å². The van der Waals surface area contributed by atoms with Crippen molar-refractivity contribution in [2.24, 2.45) is 5.73 Å². The SMILES string of the molecule is CCNC(=O)c1cccc(N2C(N)=C(C#N)C(c3ccccc3)C(C(=O)OC)=C2C(=O)OC)c1C. The van der Waals surface area contributed by atoms with Crippen molar-refractivity contribution < 1.29 is 23.9 Å². The summed E-state index contributed by atoms with van der Waals surface area (Å²) >= 11 is 0. The van der Waals surface area contributed by atoms with Crippen LogP contribution in [0.3, 0.4) is 0 Å². The number of carbonyl (C=O) groups is 3. The van der Waals surface area contributed by atoms with Crippen molar-refractivity contribution in [2.45, 2.75) is 19.8 Å². The zero-order chi connectivity index (χ0) is 25.7. The van der Waals surface area contributed by atoms with Crippen molar-refractivity contribution in [3.63, 3.8) is 0 Å². The van der Waals surface area contributed by atoms with Crippen LogP contribution in [0, 0.1) is 18.3 Å². The number of esters is 2. The molecule has 0 aromatic heterocycles. The summed E-state index contributed by atoms with van der Waals surface area (Å²) in [6.07, 6.45) is 0. The van der Waals surface area contributed by atoms with E-state index in [4.69, 9.17) is 15.2 Å². The number of anilines is 1. The molecule has 9 heteroatoms. The third kappa shape index (κ3) is 4.46. The number of nitrogens with two attached hydrogens (primary N) is 1. The Morgan fingerprint density at radius 1 is 1.06 bits per heavy atom. The highest BCUT2D eigenvalue weighted by atomic mass is 16.5. The van der Waals surface area contributed by atoms with E-state index in [-0.39, 0.29) is 28.6 Å². The number of hydrogen-bond acceptors (Lipinski definition) is 8. The van der Waals surface area contributed by atoms with E-state index in [1.54, 1.807) is 62.4 Å². The molecule has 1 aliphatic heterocycles. The van der Waals surface area contributed by atoms with Gasteiger partial charge < -0.3 is 20.5 Å². The predicted molar refractivity (Wildman–Crippen MR) is 129 cm³/mol. The van der Waals surface area contributed by atoms with E-state index in [1.165, 1.54) is 19.1 Å². The van der Waals surface area contributed by atoms with Crippen molar-refractivity contribution >= 4 is 23.5 Å². The van der Waals surface area contributed by atoms with Gasteiger partial charge in [-0.15, -0.1) is 0 Å². The zero-order valence-electron chi connectivity index (χ0n) is 19.9. The largest absolute Gasteiger partial charge is 0.466 e. The van der Waals surface area contributed by atoms with Gasteiger partial charge >= 0.3 is 11.9 Å². The highest BCUT2D eigenvalue weighted by Gasteiger charge is 2.43. The van der Waals surface area contributed by atoms with Crippen LogP contribution in [0.1, 0.15) is 34.3 Å². The zero-order valence-corrected chi connectivity index (χ0v) is 19.9. The fourth-order valence-corrected chi connectivity index (χ4v) is 4.13. The molecule has 2 aromatic rings. The number of benzene rings is 2. The van der Waals surface area contributed by atoms with Gasteiger partial charge in [-0.05, 0) is 37.1 Å². The average Bonchev–Trinajstić information content (AvgIpc) is 2.88. The third-order valence-corrected chi connectivity index (χ3v) is 5.74. The number of methoxy groups -OCH3 is 2. The monoisotopic (exact) mass is 474 g/mol. The quantitative estimate of drug-likeness (QED) is 0.610. The number of nitrogens with zero attached hydrogens (tertiary/aromatic N) is 2. The maximum absolute atomic E-state index is 13.2. The van der Waals surface area contributed by atoms with Gasteiger partial charge in [-0.2, -0.15) is 5.26 Å². The molecule has 0 saturated carbocycles. The van der Waals surface area contributed by atoms with Gasteiger partial charge in [0.2, 0.25) is 0 Å². The summed E-state index contributed by atoms with van der Waals surface area (Å²) in [5.41, 5.74) is 8.03. The summed E-state index contributed by atoms with van der Waals surface area (Å²) < 4.78 is 10.1. The lowest BCUT2D eigenvalue weighted by atomic mass is 9.80. The van der Waals surface area contributed by atoms with Crippen molar-refractivity contribution in [3.8, 4) is 6.07 Å². The van der Waals surface area contributed by atoms with Crippen LogP contribution in [0.25, 0.3) is 0 Å². The smallest absolute Gasteiger partial charge is 0.355 e. The van der Waals surface area contributed by atoms with E-state index in [2.05, 4.69) is 11.4 Å². The Bertz CT molecular complexity index is 1270. The van der Waals surface area contributed by atoms with Crippen LogP contribution < -0.4 is 16.0 Å². The molecule has 3 rings (SSSR count). The first-order valence-corrected chi connectivity index (χ1v) is 10.9. The molecule has 1 aliphatic rings. The molecule has 1 unspecified atom stereocenters. The lowest BCUT2D eigenvalue weighted by Crippen LogP contribution is -2.41. The Labute approximate surface area is 203 Å². The summed E-state index contributed by atoms with van der Waals surface area (Å²) in [6.45, 7) is 3.91. The second-order valence-electron chi connectivity index (χ2n) is 7.64. The van der Waals surface area contributed by atoms with Crippen LogP contribution in [0.4, 0.5) is 5.69 Å². The van der Waals surface area contributed by atoms with Gasteiger partial charge in [-0.1, -0.05) is 36.4 Å². The number of ether oxygens (including phenoxy) is 2. The minimum Gasteiger partial charge on any atom is -0.466 e. The van der Waals surface area contributed by atoms with E-state index in [0.29, 0.717) is 28.9 Å². The van der Waals surface area contributed by atoms with Crippen molar-refractivity contribution in [3.05, 3.63) is 87.9 Å². The number of amides is 1. The first-order chi connectivity index (χ1) is 16.8. The number of nitrogens with one attached hydrogen (secondary N) is 1. The first kappa shape index (κ1) is 25.1. The molecule has 0 fully saturated rings. The van der Waals surface area contributed by atoms with E-state index in [9.17, 15) is 19.6 Å². The minimum atomic E-state index is -0.967. The standard InChI is InChI=1S/C26H26N4O5/c1-5-29-24(31)17-12-9-13-19(15(17)2)30-22(26(33)35-4)21(25(32)34-3)20(18(14-27)23(30)28)16-10-7-6-8-11-16/h6-13,20H,5,28H2,1-4H3,(H,29,31). The molecule has 1 heterocycles. The number of allylic oxidation sites excluding steroid dienone is 1. The Morgan fingerprint density at radius 2 is 1.71 bits per heavy atom. The number of carbonyl (C=O) groups excluding carboxylic acids is 3. The number of hydrogen-bond donors (Lipinski definition) is 2. The molecule has 2 aromatic carbocycles.